The van der Waals surface area contributed by atoms with Crippen molar-refractivity contribution < 1.29 is 18.8 Å². The average Bonchev–Trinajstić information content (AvgIpc) is 3.19. The Bertz CT molecular complexity index is 1000. The number of carbonyl (C=O) groups is 2. The quantitative estimate of drug-likeness (QED) is 0.676. The Labute approximate surface area is 161 Å². The summed E-state index contributed by atoms with van der Waals surface area (Å²) in [5.41, 5.74) is 1.54. The average molecular weight is 378 g/mol. The number of aromatic nitrogens is 2. The van der Waals surface area contributed by atoms with E-state index in [2.05, 4.69) is 10.1 Å². The van der Waals surface area contributed by atoms with Crippen LogP contribution in [0.1, 0.15) is 5.69 Å². The zero-order chi connectivity index (χ0) is 19.5. The standard InChI is InChI=1S/C20H18N4O4/c1-23(11-15-10-17(28-22-15)14-6-3-2-4-7-14)18(25)12-24-19(26)13-27-16-8-5-9-21-20(16)24/h2-10H,11-13H2,1H3. The molecule has 1 aromatic carbocycles. The summed E-state index contributed by atoms with van der Waals surface area (Å²) in [7, 11) is 1.66. The van der Waals surface area contributed by atoms with Crippen LogP contribution in [0.15, 0.2) is 59.3 Å². The van der Waals surface area contributed by atoms with E-state index in [0.29, 0.717) is 23.0 Å². The fraction of sp³-hybridized carbons (Fsp3) is 0.200. The Kier molecular flexibility index (Phi) is 4.76. The molecule has 142 valence electrons. The molecule has 2 aromatic heterocycles. The van der Waals surface area contributed by atoms with Crippen LogP contribution in [0, 0.1) is 0 Å². The first-order chi connectivity index (χ1) is 13.6. The minimum atomic E-state index is -0.305. The zero-order valence-electron chi connectivity index (χ0n) is 15.2. The molecule has 0 fully saturated rings. The van der Waals surface area contributed by atoms with E-state index in [1.54, 1.807) is 31.4 Å². The van der Waals surface area contributed by atoms with Gasteiger partial charge in [-0.15, -0.1) is 0 Å². The van der Waals surface area contributed by atoms with Gasteiger partial charge in [-0.2, -0.15) is 0 Å². The van der Waals surface area contributed by atoms with E-state index in [0.717, 1.165) is 5.56 Å². The van der Waals surface area contributed by atoms with Crippen LogP contribution in [-0.2, 0) is 16.1 Å². The van der Waals surface area contributed by atoms with Crippen molar-refractivity contribution in [1.29, 1.82) is 0 Å². The monoisotopic (exact) mass is 378 g/mol. The van der Waals surface area contributed by atoms with Gasteiger partial charge in [0.1, 0.15) is 12.2 Å². The number of carbonyl (C=O) groups excluding carboxylic acids is 2. The van der Waals surface area contributed by atoms with Gasteiger partial charge in [-0.25, -0.2) is 4.98 Å². The molecule has 28 heavy (non-hydrogen) atoms. The van der Waals surface area contributed by atoms with Gasteiger partial charge in [0.2, 0.25) is 5.91 Å². The molecule has 0 atom stereocenters. The van der Waals surface area contributed by atoms with E-state index in [4.69, 9.17) is 9.26 Å². The molecule has 0 bridgehead atoms. The highest BCUT2D eigenvalue weighted by atomic mass is 16.5. The third-order valence-electron chi connectivity index (χ3n) is 4.39. The van der Waals surface area contributed by atoms with Gasteiger partial charge in [-0.1, -0.05) is 35.5 Å². The zero-order valence-corrected chi connectivity index (χ0v) is 15.2. The summed E-state index contributed by atoms with van der Waals surface area (Å²) in [6.45, 7) is 0.0360. The fourth-order valence-electron chi connectivity index (χ4n) is 2.91. The van der Waals surface area contributed by atoms with E-state index in [1.165, 1.54) is 9.80 Å². The lowest BCUT2D eigenvalue weighted by atomic mass is 10.1. The predicted octanol–water partition coefficient (Wildman–Crippen LogP) is 2.12. The number of amides is 2. The van der Waals surface area contributed by atoms with Gasteiger partial charge in [0.25, 0.3) is 5.91 Å². The second kappa shape index (κ2) is 7.51. The van der Waals surface area contributed by atoms with Gasteiger partial charge < -0.3 is 14.2 Å². The number of nitrogens with zero attached hydrogens (tertiary/aromatic N) is 4. The molecule has 0 spiro atoms. The van der Waals surface area contributed by atoms with Crippen molar-refractivity contribution in [2.75, 3.05) is 25.1 Å². The molecule has 0 aliphatic carbocycles. The number of fused-ring (bicyclic) bond motifs is 1. The van der Waals surface area contributed by atoms with Crippen LogP contribution in [0.2, 0.25) is 0 Å². The van der Waals surface area contributed by atoms with Gasteiger partial charge >= 0.3 is 0 Å². The molecule has 1 aliphatic heterocycles. The minimum Gasteiger partial charge on any atom is -0.480 e. The van der Waals surface area contributed by atoms with Gasteiger partial charge in [-0.05, 0) is 12.1 Å². The Morgan fingerprint density at radius 3 is 2.86 bits per heavy atom. The number of rotatable bonds is 5. The number of benzene rings is 1. The van der Waals surface area contributed by atoms with Crippen LogP contribution < -0.4 is 9.64 Å². The predicted molar refractivity (Wildman–Crippen MR) is 100 cm³/mol. The summed E-state index contributed by atoms with van der Waals surface area (Å²) >= 11 is 0. The third kappa shape index (κ3) is 3.57. The van der Waals surface area contributed by atoms with Gasteiger partial charge in [0.15, 0.2) is 23.9 Å². The highest BCUT2D eigenvalue weighted by Crippen LogP contribution is 2.28. The number of hydrogen-bond donors (Lipinski definition) is 0. The first-order valence-electron chi connectivity index (χ1n) is 8.75. The molecular formula is C20H18N4O4. The van der Waals surface area contributed by atoms with Crippen molar-refractivity contribution in [3.05, 3.63) is 60.4 Å². The molecule has 8 heteroatoms. The molecule has 0 N–H and O–H groups in total. The summed E-state index contributed by atoms with van der Waals surface area (Å²) in [5, 5.41) is 4.03. The minimum absolute atomic E-state index is 0.112. The lowest BCUT2D eigenvalue weighted by Gasteiger charge is -2.28. The molecule has 0 radical (unpaired) electrons. The molecule has 2 amide bonds. The lowest BCUT2D eigenvalue weighted by molar-refractivity contribution is -0.131. The van der Waals surface area contributed by atoms with Crippen LogP contribution in [0.4, 0.5) is 5.82 Å². The maximum Gasteiger partial charge on any atom is 0.266 e. The Morgan fingerprint density at radius 1 is 1.21 bits per heavy atom. The Hall–Kier alpha value is -3.68. The van der Waals surface area contributed by atoms with Gasteiger partial charge in [-0.3, -0.25) is 14.5 Å². The van der Waals surface area contributed by atoms with Gasteiger partial charge in [0, 0.05) is 24.9 Å². The highest BCUT2D eigenvalue weighted by molar-refractivity contribution is 6.01. The van der Waals surface area contributed by atoms with Crippen LogP contribution in [0.25, 0.3) is 11.3 Å². The summed E-state index contributed by atoms with van der Waals surface area (Å²) in [6.07, 6.45) is 1.56. The number of ether oxygens (including phenoxy) is 1. The van der Waals surface area contributed by atoms with Crippen LogP contribution in [0.3, 0.4) is 0 Å². The molecule has 0 unspecified atom stereocenters. The normalized spacial score (nSPS) is 13.0. The van der Waals surface area contributed by atoms with Crippen LogP contribution in [-0.4, -0.2) is 47.1 Å². The third-order valence-corrected chi connectivity index (χ3v) is 4.39. The number of anilines is 1. The molecule has 0 saturated carbocycles. The summed E-state index contributed by atoms with van der Waals surface area (Å²) < 4.78 is 10.7. The molecular weight excluding hydrogens is 360 g/mol. The van der Waals surface area contributed by atoms with Crippen molar-refractivity contribution in [3.8, 4) is 17.1 Å². The molecule has 3 heterocycles. The van der Waals surface area contributed by atoms with E-state index in [1.807, 2.05) is 30.3 Å². The van der Waals surface area contributed by atoms with Crippen molar-refractivity contribution in [2.24, 2.45) is 0 Å². The summed E-state index contributed by atoms with van der Waals surface area (Å²) in [6, 6.07) is 14.8. The van der Waals surface area contributed by atoms with E-state index >= 15 is 0 Å². The van der Waals surface area contributed by atoms with E-state index < -0.39 is 0 Å². The first-order valence-corrected chi connectivity index (χ1v) is 8.75. The maximum absolute atomic E-state index is 12.7. The Balaban J connectivity index is 1.43. The highest BCUT2D eigenvalue weighted by Gasteiger charge is 2.29. The first kappa shape index (κ1) is 17.7. The lowest BCUT2D eigenvalue weighted by Crippen LogP contribution is -2.45. The van der Waals surface area contributed by atoms with Crippen LogP contribution >= 0.6 is 0 Å². The summed E-state index contributed by atoms with van der Waals surface area (Å²) in [5.74, 6) is 0.935. The molecule has 0 saturated heterocycles. The van der Waals surface area contributed by atoms with Crippen molar-refractivity contribution in [3.63, 3.8) is 0 Å². The second-order valence-corrected chi connectivity index (χ2v) is 6.39. The molecule has 8 nitrogen and oxygen atoms in total. The fourth-order valence-corrected chi connectivity index (χ4v) is 2.91. The topological polar surface area (TPSA) is 88.8 Å². The van der Waals surface area contributed by atoms with Crippen molar-refractivity contribution in [1.82, 2.24) is 15.0 Å². The number of hydrogen-bond acceptors (Lipinski definition) is 6. The van der Waals surface area contributed by atoms with Crippen molar-refractivity contribution in [2.45, 2.75) is 6.54 Å². The maximum atomic E-state index is 12.7. The summed E-state index contributed by atoms with van der Waals surface area (Å²) in [4.78, 5) is 31.9. The molecule has 4 rings (SSSR count). The SMILES string of the molecule is CN(Cc1cc(-c2ccccc2)on1)C(=O)CN1C(=O)COc2cccnc21. The molecule has 1 aliphatic rings. The number of pyridine rings is 1. The van der Waals surface area contributed by atoms with Gasteiger partial charge in [0.05, 0.1) is 6.54 Å². The van der Waals surface area contributed by atoms with Crippen molar-refractivity contribution >= 4 is 17.6 Å². The van der Waals surface area contributed by atoms with Crippen LogP contribution in [0.5, 0.6) is 5.75 Å². The smallest absolute Gasteiger partial charge is 0.266 e. The molecule has 3 aromatic rings. The number of likely N-dealkylation sites (N-methyl/N-ethyl adjacent to an activating group) is 1. The van der Waals surface area contributed by atoms with E-state index in [9.17, 15) is 9.59 Å². The second-order valence-electron chi connectivity index (χ2n) is 6.39. The van der Waals surface area contributed by atoms with E-state index in [-0.39, 0.29) is 31.5 Å². The largest absolute Gasteiger partial charge is 0.480 e. The Morgan fingerprint density at radius 2 is 2.04 bits per heavy atom.